The zero-order valence-corrected chi connectivity index (χ0v) is 8.52. The molecule has 13 heavy (non-hydrogen) atoms. The van der Waals surface area contributed by atoms with Crippen LogP contribution in [0.15, 0.2) is 17.5 Å². The molecule has 0 bridgehead atoms. The van der Waals surface area contributed by atoms with E-state index in [0.29, 0.717) is 16.6 Å². The third kappa shape index (κ3) is 2.95. The van der Waals surface area contributed by atoms with E-state index in [9.17, 15) is 9.59 Å². The first kappa shape index (κ1) is 10.4. The first-order chi connectivity index (χ1) is 6.11. The second-order valence-corrected chi connectivity index (χ2v) is 4.29. The summed E-state index contributed by atoms with van der Waals surface area (Å²) < 4.78 is 0. The van der Waals surface area contributed by atoms with Crippen molar-refractivity contribution in [3.05, 3.63) is 22.4 Å². The highest BCUT2D eigenvalue weighted by Gasteiger charge is 2.17. The summed E-state index contributed by atoms with van der Waals surface area (Å²) in [6.45, 7) is 1.34. The summed E-state index contributed by atoms with van der Waals surface area (Å²) in [5.74, 6) is 0. The molecule has 0 fully saturated rings. The number of carbonyl (C=O) groups is 2. The normalized spacial score (nSPS) is 12.5. The minimum atomic E-state index is -1.09. The first-order valence-corrected chi connectivity index (χ1v) is 5.28. The van der Waals surface area contributed by atoms with Crippen LogP contribution in [0.25, 0.3) is 0 Å². The molecule has 1 heterocycles. The van der Waals surface area contributed by atoms with Gasteiger partial charge in [0.25, 0.3) is 0 Å². The van der Waals surface area contributed by atoms with E-state index in [1.54, 1.807) is 17.5 Å². The Morgan fingerprint density at radius 1 is 1.62 bits per heavy atom. The number of hydrogen-bond donors (Lipinski definition) is 1. The van der Waals surface area contributed by atoms with Crippen molar-refractivity contribution >= 4 is 33.3 Å². The molecule has 0 aliphatic carbocycles. The van der Waals surface area contributed by atoms with Gasteiger partial charge >= 0.3 is 0 Å². The summed E-state index contributed by atoms with van der Waals surface area (Å²) in [5, 5.41) is 9.79. The Labute approximate surface area is 83.8 Å². The standard InChI is InChI=1S/C8H8O3S2/c1-5(9)7(10)13-8(11)6-3-2-4-12-6/h2-5,9H,1H3. The molecule has 0 saturated carbocycles. The maximum Gasteiger partial charge on any atom is 0.236 e. The molecule has 1 unspecified atom stereocenters. The van der Waals surface area contributed by atoms with Crippen LogP contribution in [-0.4, -0.2) is 21.4 Å². The van der Waals surface area contributed by atoms with E-state index in [1.807, 2.05) is 0 Å². The lowest BCUT2D eigenvalue weighted by molar-refractivity contribution is -0.117. The number of thiophene rings is 1. The van der Waals surface area contributed by atoms with Crippen LogP contribution in [0.3, 0.4) is 0 Å². The van der Waals surface area contributed by atoms with Crippen molar-refractivity contribution in [1.82, 2.24) is 0 Å². The monoisotopic (exact) mass is 216 g/mol. The van der Waals surface area contributed by atoms with Gasteiger partial charge in [0.2, 0.25) is 10.2 Å². The van der Waals surface area contributed by atoms with Crippen LogP contribution in [0, 0.1) is 0 Å². The summed E-state index contributed by atoms with van der Waals surface area (Å²) in [6.07, 6.45) is -1.09. The van der Waals surface area contributed by atoms with Crippen LogP contribution in [0.1, 0.15) is 16.6 Å². The van der Waals surface area contributed by atoms with E-state index in [0.717, 1.165) is 0 Å². The van der Waals surface area contributed by atoms with Gasteiger partial charge < -0.3 is 5.11 Å². The first-order valence-electron chi connectivity index (χ1n) is 3.59. The van der Waals surface area contributed by atoms with Crippen LogP contribution in [0.4, 0.5) is 0 Å². The molecular weight excluding hydrogens is 208 g/mol. The number of hydrogen-bond acceptors (Lipinski definition) is 5. The number of rotatable bonds is 2. The lowest BCUT2D eigenvalue weighted by Gasteiger charge is -1.99. The van der Waals surface area contributed by atoms with Crippen molar-refractivity contribution in [2.45, 2.75) is 13.0 Å². The van der Waals surface area contributed by atoms with Gasteiger partial charge in [0, 0.05) is 0 Å². The smallest absolute Gasteiger partial charge is 0.236 e. The highest BCUT2D eigenvalue weighted by atomic mass is 32.2. The third-order valence-corrected chi connectivity index (χ3v) is 3.20. The molecule has 1 aromatic rings. The summed E-state index contributed by atoms with van der Waals surface area (Å²) in [7, 11) is 0. The predicted octanol–water partition coefficient (Wildman–Crippen LogP) is 1.53. The van der Waals surface area contributed by atoms with Crippen molar-refractivity contribution in [3.8, 4) is 0 Å². The second-order valence-electron chi connectivity index (χ2n) is 2.36. The molecule has 0 aliphatic heterocycles. The summed E-state index contributed by atoms with van der Waals surface area (Å²) in [4.78, 5) is 22.7. The molecule has 0 aromatic carbocycles. The fourth-order valence-corrected chi connectivity index (χ4v) is 1.97. The molecule has 3 nitrogen and oxygen atoms in total. The molecule has 0 radical (unpaired) electrons. The Bertz CT molecular complexity index is 303. The number of thioether (sulfide) groups is 1. The molecule has 1 atom stereocenters. The van der Waals surface area contributed by atoms with E-state index < -0.39 is 11.2 Å². The van der Waals surface area contributed by atoms with Crippen LogP contribution >= 0.6 is 23.1 Å². The van der Waals surface area contributed by atoms with Gasteiger partial charge in [0.15, 0.2) is 0 Å². The van der Waals surface area contributed by atoms with Crippen LogP contribution in [0.2, 0.25) is 0 Å². The van der Waals surface area contributed by atoms with Crippen molar-refractivity contribution < 1.29 is 14.7 Å². The minimum absolute atomic E-state index is 0.305. The van der Waals surface area contributed by atoms with E-state index in [4.69, 9.17) is 5.11 Å². The van der Waals surface area contributed by atoms with Crippen LogP contribution in [0.5, 0.6) is 0 Å². The van der Waals surface area contributed by atoms with Crippen molar-refractivity contribution in [3.63, 3.8) is 0 Å². The molecule has 0 spiro atoms. The number of aliphatic hydroxyl groups excluding tert-OH is 1. The lowest BCUT2D eigenvalue weighted by atomic mass is 10.5. The average molecular weight is 216 g/mol. The SMILES string of the molecule is CC(O)C(=O)SC(=O)c1cccs1. The maximum absolute atomic E-state index is 11.3. The van der Waals surface area contributed by atoms with Gasteiger partial charge in [0.05, 0.1) is 4.88 Å². The fourth-order valence-electron chi connectivity index (χ4n) is 0.622. The highest BCUT2D eigenvalue weighted by molar-refractivity contribution is 8.26. The van der Waals surface area contributed by atoms with Gasteiger partial charge in [0.1, 0.15) is 6.10 Å². The van der Waals surface area contributed by atoms with Gasteiger partial charge in [-0.3, -0.25) is 9.59 Å². The van der Waals surface area contributed by atoms with Gasteiger partial charge in [-0.15, -0.1) is 11.3 Å². The fraction of sp³-hybridized carbons (Fsp3) is 0.250. The van der Waals surface area contributed by atoms with Gasteiger partial charge in [-0.2, -0.15) is 0 Å². The Hall–Kier alpha value is -0.650. The molecule has 70 valence electrons. The Morgan fingerprint density at radius 3 is 2.77 bits per heavy atom. The lowest BCUT2D eigenvalue weighted by Crippen LogP contribution is -2.13. The van der Waals surface area contributed by atoms with Crippen molar-refractivity contribution in [1.29, 1.82) is 0 Å². The molecule has 5 heteroatoms. The van der Waals surface area contributed by atoms with Crippen molar-refractivity contribution in [2.75, 3.05) is 0 Å². The molecule has 1 rings (SSSR count). The quantitative estimate of drug-likeness (QED) is 0.814. The second kappa shape index (κ2) is 4.55. The third-order valence-electron chi connectivity index (χ3n) is 1.26. The van der Waals surface area contributed by atoms with Gasteiger partial charge in [-0.05, 0) is 30.1 Å². The van der Waals surface area contributed by atoms with E-state index in [-0.39, 0.29) is 5.12 Å². The molecule has 0 amide bonds. The van der Waals surface area contributed by atoms with Gasteiger partial charge in [-0.25, -0.2) is 0 Å². The number of carbonyl (C=O) groups excluding carboxylic acids is 2. The Balaban J connectivity index is 2.57. The molecule has 1 aromatic heterocycles. The average Bonchev–Trinajstić information content (AvgIpc) is 2.55. The minimum Gasteiger partial charge on any atom is -0.385 e. The molecule has 0 aliphatic rings. The maximum atomic E-state index is 11.3. The molecule has 0 saturated heterocycles. The van der Waals surface area contributed by atoms with E-state index in [1.165, 1.54) is 18.3 Å². The zero-order valence-electron chi connectivity index (χ0n) is 6.89. The summed E-state index contributed by atoms with van der Waals surface area (Å²) in [5.41, 5.74) is 0. The van der Waals surface area contributed by atoms with Crippen LogP contribution < -0.4 is 0 Å². The molecular formula is C8H8O3S2. The largest absolute Gasteiger partial charge is 0.385 e. The predicted molar refractivity (Wildman–Crippen MR) is 52.9 cm³/mol. The van der Waals surface area contributed by atoms with E-state index >= 15 is 0 Å². The summed E-state index contributed by atoms with van der Waals surface area (Å²) >= 11 is 1.83. The Morgan fingerprint density at radius 2 is 2.31 bits per heavy atom. The topological polar surface area (TPSA) is 54.4 Å². The Kier molecular flexibility index (Phi) is 3.65. The zero-order chi connectivity index (χ0) is 9.84. The molecule has 1 N–H and O–H groups in total. The van der Waals surface area contributed by atoms with Crippen LogP contribution in [-0.2, 0) is 4.79 Å². The van der Waals surface area contributed by atoms with E-state index in [2.05, 4.69) is 0 Å². The number of aliphatic hydroxyl groups is 1. The van der Waals surface area contributed by atoms with Gasteiger partial charge in [-0.1, -0.05) is 6.07 Å². The summed E-state index contributed by atoms with van der Waals surface area (Å²) in [6, 6.07) is 3.39. The van der Waals surface area contributed by atoms with Crippen molar-refractivity contribution in [2.24, 2.45) is 0 Å². The highest BCUT2D eigenvalue weighted by Crippen LogP contribution is 2.18.